The Morgan fingerprint density at radius 1 is 1.03 bits per heavy atom. The van der Waals surface area contributed by atoms with Crippen LogP contribution in [0.3, 0.4) is 0 Å². The number of thiophene rings is 1. The lowest BCUT2D eigenvalue weighted by Gasteiger charge is -2.03. The quantitative estimate of drug-likeness (QED) is 0.213. The monoisotopic (exact) mass is 527 g/mol. The first-order chi connectivity index (χ1) is 18.0. The summed E-state index contributed by atoms with van der Waals surface area (Å²) in [5.41, 5.74) is 6.91. The molecule has 0 aliphatic heterocycles. The van der Waals surface area contributed by atoms with E-state index in [1.807, 2.05) is 92.0 Å². The lowest BCUT2D eigenvalue weighted by atomic mass is 10.1. The van der Waals surface area contributed by atoms with Crippen molar-refractivity contribution in [2.45, 2.75) is 6.92 Å². The number of benzene rings is 3. The molecule has 0 saturated heterocycles. The lowest BCUT2D eigenvalue weighted by Crippen LogP contribution is -2.34. The number of nitrogens with zero attached hydrogens (tertiary/aromatic N) is 3. The number of amides is 2. The van der Waals surface area contributed by atoms with Crippen LogP contribution in [-0.2, 0) is 4.79 Å². The van der Waals surface area contributed by atoms with E-state index in [1.165, 1.54) is 11.3 Å². The number of rotatable bonds is 7. The van der Waals surface area contributed by atoms with Gasteiger partial charge in [0.2, 0.25) is 0 Å². The van der Waals surface area contributed by atoms with Crippen LogP contribution in [-0.4, -0.2) is 34.4 Å². The summed E-state index contributed by atoms with van der Waals surface area (Å²) in [7, 11) is 0. The third-order valence-corrected chi connectivity index (χ3v) is 7.31. The van der Waals surface area contributed by atoms with Gasteiger partial charge in [0.15, 0.2) is 0 Å². The smallest absolute Gasteiger partial charge is 0.263 e. The molecule has 2 aromatic heterocycles. The molecule has 0 unspecified atom stereocenters. The van der Waals surface area contributed by atoms with Crippen molar-refractivity contribution in [2.75, 3.05) is 6.54 Å². The molecule has 2 heterocycles. The molecule has 0 bridgehead atoms. The number of para-hydroxylation sites is 1. The van der Waals surface area contributed by atoms with Gasteiger partial charge in [0.25, 0.3) is 11.8 Å². The molecule has 3 aromatic carbocycles. The zero-order chi connectivity index (χ0) is 25.8. The Bertz CT molecular complexity index is 1610. The van der Waals surface area contributed by atoms with Gasteiger partial charge in [-0.2, -0.15) is 10.2 Å². The van der Waals surface area contributed by atoms with Crippen molar-refractivity contribution >= 4 is 51.1 Å². The molecule has 2 N–H and O–H groups in total. The maximum Gasteiger partial charge on any atom is 0.263 e. The summed E-state index contributed by atoms with van der Waals surface area (Å²) in [6, 6.07) is 25.3. The summed E-state index contributed by atoms with van der Waals surface area (Å²) in [4.78, 5) is 25.3. The second-order valence-corrected chi connectivity index (χ2v) is 9.73. The predicted molar refractivity (Wildman–Crippen MR) is 149 cm³/mol. The van der Waals surface area contributed by atoms with E-state index in [2.05, 4.69) is 15.8 Å². The highest BCUT2D eigenvalue weighted by Crippen LogP contribution is 2.34. The summed E-state index contributed by atoms with van der Waals surface area (Å²) in [5, 5.41) is 12.6. The molecule has 9 heteroatoms. The summed E-state index contributed by atoms with van der Waals surface area (Å²) in [6.45, 7) is 1.78. The standard InChI is InChI=1S/C28H22ClN5O2S/c1-18-11-13-19(14-12-18)26-20(17-34(33-26)21-7-3-2-4-8-21)15-31-32-24(35)16-30-28(36)27-25(29)22-9-5-6-10-23(22)37-27/h2-15,17H,16H2,1H3,(H,30,36)(H,32,35). The number of halogens is 1. The first kappa shape index (κ1) is 24.4. The number of hydrogen-bond acceptors (Lipinski definition) is 5. The fourth-order valence-corrected chi connectivity index (χ4v) is 5.18. The number of aryl methyl sites for hydroxylation is 1. The molecule has 0 fully saturated rings. The third-order valence-electron chi connectivity index (χ3n) is 5.63. The zero-order valence-corrected chi connectivity index (χ0v) is 21.4. The summed E-state index contributed by atoms with van der Waals surface area (Å²) >= 11 is 7.64. The van der Waals surface area contributed by atoms with Crippen LogP contribution in [0.2, 0.25) is 5.02 Å². The molecular weight excluding hydrogens is 506 g/mol. The second-order valence-electron chi connectivity index (χ2n) is 8.30. The SMILES string of the molecule is Cc1ccc(-c2nn(-c3ccccc3)cc2C=NNC(=O)CNC(=O)c2sc3ccccc3c2Cl)cc1. The predicted octanol–water partition coefficient (Wildman–Crippen LogP) is 5.60. The average Bonchev–Trinajstić information content (AvgIpc) is 3.50. The number of carbonyl (C=O) groups is 2. The van der Waals surface area contributed by atoms with E-state index >= 15 is 0 Å². The molecule has 0 atom stereocenters. The topological polar surface area (TPSA) is 88.4 Å². The molecule has 0 spiro atoms. The number of carbonyl (C=O) groups excluding carboxylic acids is 2. The van der Waals surface area contributed by atoms with E-state index in [1.54, 1.807) is 10.9 Å². The van der Waals surface area contributed by atoms with Gasteiger partial charge in [-0.3, -0.25) is 9.59 Å². The Labute approximate surface area is 222 Å². The lowest BCUT2D eigenvalue weighted by molar-refractivity contribution is -0.120. The first-order valence-corrected chi connectivity index (χ1v) is 12.7. The van der Waals surface area contributed by atoms with Crippen LogP contribution in [0.25, 0.3) is 27.0 Å². The molecule has 5 aromatic rings. The summed E-state index contributed by atoms with van der Waals surface area (Å²) in [5.74, 6) is -0.870. The van der Waals surface area contributed by atoms with E-state index in [-0.39, 0.29) is 6.54 Å². The van der Waals surface area contributed by atoms with Crippen molar-refractivity contribution < 1.29 is 9.59 Å². The van der Waals surface area contributed by atoms with E-state index in [9.17, 15) is 9.59 Å². The van der Waals surface area contributed by atoms with Crippen molar-refractivity contribution in [1.29, 1.82) is 0 Å². The van der Waals surface area contributed by atoms with E-state index in [0.717, 1.165) is 38.2 Å². The van der Waals surface area contributed by atoms with E-state index in [4.69, 9.17) is 16.7 Å². The van der Waals surface area contributed by atoms with Gasteiger partial charge in [0.05, 0.1) is 23.5 Å². The average molecular weight is 528 g/mol. The normalized spacial score (nSPS) is 11.2. The Morgan fingerprint density at radius 2 is 1.76 bits per heavy atom. The van der Waals surface area contributed by atoms with Crippen LogP contribution in [0.1, 0.15) is 20.8 Å². The maximum absolute atomic E-state index is 12.6. The molecule has 0 radical (unpaired) electrons. The maximum atomic E-state index is 12.6. The van der Waals surface area contributed by atoms with Crippen LogP contribution >= 0.6 is 22.9 Å². The Kier molecular flexibility index (Phi) is 7.11. The molecule has 5 rings (SSSR count). The minimum atomic E-state index is -0.464. The Hall–Kier alpha value is -4.27. The number of fused-ring (bicyclic) bond motifs is 1. The van der Waals surface area contributed by atoms with Crippen LogP contribution in [0.5, 0.6) is 0 Å². The first-order valence-electron chi connectivity index (χ1n) is 11.5. The highest BCUT2D eigenvalue weighted by Gasteiger charge is 2.17. The third kappa shape index (κ3) is 5.45. The largest absolute Gasteiger partial charge is 0.342 e. The highest BCUT2D eigenvalue weighted by atomic mass is 35.5. The van der Waals surface area contributed by atoms with E-state index < -0.39 is 11.8 Å². The fraction of sp³-hybridized carbons (Fsp3) is 0.0714. The van der Waals surface area contributed by atoms with Gasteiger partial charge < -0.3 is 5.32 Å². The van der Waals surface area contributed by atoms with Gasteiger partial charge in [-0.15, -0.1) is 11.3 Å². The number of hydrazone groups is 1. The van der Waals surface area contributed by atoms with Gasteiger partial charge >= 0.3 is 0 Å². The number of nitrogens with one attached hydrogen (secondary N) is 2. The van der Waals surface area contributed by atoms with Crippen LogP contribution < -0.4 is 10.7 Å². The van der Waals surface area contributed by atoms with Crippen molar-refractivity contribution in [3.63, 3.8) is 0 Å². The zero-order valence-electron chi connectivity index (χ0n) is 19.8. The van der Waals surface area contributed by atoms with Crippen molar-refractivity contribution in [3.05, 3.63) is 106 Å². The summed E-state index contributed by atoms with van der Waals surface area (Å²) < 4.78 is 2.68. The van der Waals surface area contributed by atoms with Crippen LogP contribution in [0.4, 0.5) is 0 Å². The van der Waals surface area contributed by atoms with Gasteiger partial charge in [-0.1, -0.05) is 77.8 Å². The molecule has 2 amide bonds. The minimum Gasteiger partial charge on any atom is -0.342 e. The van der Waals surface area contributed by atoms with Gasteiger partial charge in [-0.25, -0.2) is 10.1 Å². The van der Waals surface area contributed by atoms with Gasteiger partial charge in [-0.05, 0) is 25.1 Å². The molecule has 0 aliphatic carbocycles. The minimum absolute atomic E-state index is 0.241. The fourth-order valence-electron chi connectivity index (χ4n) is 3.74. The number of hydrogen-bond donors (Lipinski definition) is 2. The van der Waals surface area contributed by atoms with Gasteiger partial charge in [0, 0.05) is 27.4 Å². The van der Waals surface area contributed by atoms with Crippen LogP contribution in [0, 0.1) is 6.92 Å². The molecule has 0 aliphatic rings. The molecule has 37 heavy (non-hydrogen) atoms. The van der Waals surface area contributed by atoms with Crippen LogP contribution in [0.15, 0.2) is 90.2 Å². The summed E-state index contributed by atoms with van der Waals surface area (Å²) in [6.07, 6.45) is 3.40. The molecular formula is C28H22ClN5O2S. The Balaban J connectivity index is 1.27. The second kappa shape index (κ2) is 10.8. The highest BCUT2D eigenvalue weighted by molar-refractivity contribution is 7.21. The molecule has 184 valence electrons. The van der Waals surface area contributed by atoms with Crippen molar-refractivity contribution in [2.24, 2.45) is 5.10 Å². The molecule has 7 nitrogen and oxygen atoms in total. The van der Waals surface area contributed by atoms with Crippen molar-refractivity contribution in [3.8, 4) is 16.9 Å². The number of aromatic nitrogens is 2. The van der Waals surface area contributed by atoms with Crippen molar-refractivity contribution in [1.82, 2.24) is 20.5 Å². The Morgan fingerprint density at radius 3 is 2.51 bits per heavy atom. The molecule has 0 saturated carbocycles. The van der Waals surface area contributed by atoms with Gasteiger partial charge in [0.1, 0.15) is 10.6 Å². The van der Waals surface area contributed by atoms with E-state index in [0.29, 0.717) is 9.90 Å².